The number of benzene rings is 1. The number of nitrogens with zero attached hydrogens (tertiary/aromatic N) is 1. The number of hydrogen-bond donors (Lipinski definition) is 2. The highest BCUT2D eigenvalue weighted by atomic mass is 79.9. The van der Waals surface area contributed by atoms with Crippen molar-refractivity contribution in [2.45, 2.75) is 32.2 Å². The number of anilines is 1. The Labute approximate surface area is 111 Å². The second-order valence-electron chi connectivity index (χ2n) is 4.61. The van der Waals surface area contributed by atoms with Crippen molar-refractivity contribution in [1.29, 1.82) is 5.41 Å². The van der Waals surface area contributed by atoms with Gasteiger partial charge < -0.3 is 10.6 Å². The maximum absolute atomic E-state index is 7.69. The Hall–Kier alpha value is -1.03. The van der Waals surface area contributed by atoms with Gasteiger partial charge in [0.1, 0.15) is 5.84 Å². The van der Waals surface area contributed by atoms with E-state index < -0.39 is 0 Å². The van der Waals surface area contributed by atoms with E-state index in [9.17, 15) is 0 Å². The van der Waals surface area contributed by atoms with Crippen molar-refractivity contribution in [2.75, 3.05) is 11.4 Å². The summed E-state index contributed by atoms with van der Waals surface area (Å²) in [5.41, 5.74) is 7.59. The molecule has 0 aliphatic carbocycles. The molecular formula is C13H18BrN3. The summed E-state index contributed by atoms with van der Waals surface area (Å²) in [6.45, 7) is 3.30. The van der Waals surface area contributed by atoms with Crippen molar-refractivity contribution in [3.05, 3.63) is 28.2 Å². The fraction of sp³-hybridized carbons (Fsp3) is 0.462. The molecule has 1 aliphatic heterocycles. The van der Waals surface area contributed by atoms with Crippen LogP contribution in [0.5, 0.6) is 0 Å². The normalized spacial score (nSPS) is 20.4. The number of nitrogens with one attached hydrogen (secondary N) is 1. The lowest BCUT2D eigenvalue weighted by atomic mass is 10.0. The highest BCUT2D eigenvalue weighted by Crippen LogP contribution is 2.29. The van der Waals surface area contributed by atoms with Gasteiger partial charge in [0.15, 0.2) is 0 Å². The summed E-state index contributed by atoms with van der Waals surface area (Å²) in [6, 6.07) is 6.54. The monoisotopic (exact) mass is 295 g/mol. The van der Waals surface area contributed by atoms with Gasteiger partial charge in [-0.1, -0.05) is 15.9 Å². The highest BCUT2D eigenvalue weighted by Gasteiger charge is 2.21. The number of nitrogen functional groups attached to an aromatic ring is 1. The summed E-state index contributed by atoms with van der Waals surface area (Å²) in [5, 5.41) is 7.69. The molecule has 1 atom stereocenters. The number of hydrogen-bond acceptors (Lipinski definition) is 2. The van der Waals surface area contributed by atoms with Crippen LogP contribution in [0.2, 0.25) is 0 Å². The van der Waals surface area contributed by atoms with E-state index in [1.165, 1.54) is 19.3 Å². The third-order valence-corrected chi connectivity index (χ3v) is 3.85. The maximum atomic E-state index is 7.69. The summed E-state index contributed by atoms with van der Waals surface area (Å²) in [5.74, 6) is 0.138. The molecule has 1 unspecified atom stereocenters. The topological polar surface area (TPSA) is 53.1 Å². The van der Waals surface area contributed by atoms with Gasteiger partial charge in [-0.05, 0) is 44.4 Å². The molecule has 3 nitrogen and oxygen atoms in total. The van der Waals surface area contributed by atoms with Crippen LogP contribution in [0.25, 0.3) is 0 Å². The van der Waals surface area contributed by atoms with Gasteiger partial charge in [-0.2, -0.15) is 0 Å². The molecule has 1 aromatic carbocycles. The van der Waals surface area contributed by atoms with Gasteiger partial charge in [0.25, 0.3) is 0 Å². The smallest absolute Gasteiger partial charge is 0.124 e. The van der Waals surface area contributed by atoms with Gasteiger partial charge in [-0.3, -0.25) is 5.41 Å². The molecule has 1 fully saturated rings. The van der Waals surface area contributed by atoms with Crippen LogP contribution < -0.4 is 10.6 Å². The average molecular weight is 296 g/mol. The largest absolute Gasteiger partial charge is 0.384 e. The molecule has 92 valence electrons. The summed E-state index contributed by atoms with van der Waals surface area (Å²) in [7, 11) is 0. The lowest BCUT2D eigenvalue weighted by Crippen LogP contribution is -2.38. The third kappa shape index (κ3) is 2.63. The van der Waals surface area contributed by atoms with E-state index in [-0.39, 0.29) is 5.84 Å². The van der Waals surface area contributed by atoms with Gasteiger partial charge in [0, 0.05) is 28.3 Å². The van der Waals surface area contributed by atoms with Crippen molar-refractivity contribution in [3.8, 4) is 0 Å². The number of piperidine rings is 1. The zero-order valence-corrected chi connectivity index (χ0v) is 11.6. The van der Waals surface area contributed by atoms with Crippen LogP contribution in [0.4, 0.5) is 5.69 Å². The molecule has 0 aromatic heterocycles. The molecule has 2 rings (SSSR count). The zero-order chi connectivity index (χ0) is 12.4. The zero-order valence-electron chi connectivity index (χ0n) is 10.0. The summed E-state index contributed by atoms with van der Waals surface area (Å²) in [6.07, 6.45) is 3.73. The number of halogens is 1. The van der Waals surface area contributed by atoms with Gasteiger partial charge in [-0.15, -0.1) is 0 Å². The summed E-state index contributed by atoms with van der Waals surface area (Å²) in [4.78, 5) is 2.37. The van der Waals surface area contributed by atoms with Crippen LogP contribution >= 0.6 is 15.9 Å². The molecule has 3 N–H and O–H groups in total. The quantitative estimate of drug-likeness (QED) is 0.651. The number of nitrogens with two attached hydrogens (primary N) is 1. The summed E-state index contributed by atoms with van der Waals surface area (Å²) >= 11 is 3.43. The lowest BCUT2D eigenvalue weighted by Gasteiger charge is -2.36. The van der Waals surface area contributed by atoms with Crippen LogP contribution in [0.1, 0.15) is 31.7 Å². The Morgan fingerprint density at radius 3 is 2.88 bits per heavy atom. The van der Waals surface area contributed by atoms with Crippen molar-refractivity contribution < 1.29 is 0 Å². The standard InChI is InChI=1S/C13H18BrN3/c1-9-4-2-3-7-17(9)12-6-5-10(14)8-11(12)13(15)16/h5-6,8-9H,2-4,7H2,1H3,(H3,15,16). The molecule has 1 saturated heterocycles. The molecular weight excluding hydrogens is 278 g/mol. The SMILES string of the molecule is CC1CCCCN1c1ccc(Br)cc1C(=N)N. The second-order valence-corrected chi connectivity index (χ2v) is 5.53. The van der Waals surface area contributed by atoms with Crippen molar-refractivity contribution >= 4 is 27.5 Å². The molecule has 0 saturated carbocycles. The number of amidine groups is 1. The fourth-order valence-corrected chi connectivity index (χ4v) is 2.79. The molecule has 17 heavy (non-hydrogen) atoms. The Morgan fingerprint density at radius 2 is 2.24 bits per heavy atom. The predicted molar refractivity (Wildman–Crippen MR) is 75.8 cm³/mol. The van der Waals surface area contributed by atoms with E-state index in [4.69, 9.17) is 11.1 Å². The first-order valence-corrected chi connectivity index (χ1v) is 6.79. The van der Waals surface area contributed by atoms with Crippen LogP contribution in [-0.2, 0) is 0 Å². The van der Waals surface area contributed by atoms with Crippen molar-refractivity contribution in [1.82, 2.24) is 0 Å². The van der Waals surface area contributed by atoms with Gasteiger partial charge in [0.05, 0.1) is 0 Å². The minimum absolute atomic E-state index is 0.138. The first kappa shape index (κ1) is 12.4. The molecule has 4 heteroatoms. The molecule has 0 bridgehead atoms. The summed E-state index contributed by atoms with van der Waals surface area (Å²) < 4.78 is 0.969. The van der Waals surface area contributed by atoms with E-state index >= 15 is 0 Å². The maximum Gasteiger partial charge on any atom is 0.124 e. The molecule has 1 heterocycles. The van der Waals surface area contributed by atoms with Crippen molar-refractivity contribution in [2.24, 2.45) is 5.73 Å². The molecule has 0 amide bonds. The van der Waals surface area contributed by atoms with E-state index in [0.29, 0.717) is 6.04 Å². The lowest BCUT2D eigenvalue weighted by molar-refractivity contribution is 0.484. The first-order chi connectivity index (χ1) is 8.09. The fourth-order valence-electron chi connectivity index (χ4n) is 2.43. The van der Waals surface area contributed by atoms with Crippen molar-refractivity contribution in [3.63, 3.8) is 0 Å². The van der Waals surface area contributed by atoms with Crippen LogP contribution in [0, 0.1) is 5.41 Å². The molecule has 1 aliphatic rings. The third-order valence-electron chi connectivity index (χ3n) is 3.36. The Morgan fingerprint density at radius 1 is 1.47 bits per heavy atom. The predicted octanol–water partition coefficient (Wildman–Crippen LogP) is 3.11. The van der Waals surface area contributed by atoms with Gasteiger partial charge in [-0.25, -0.2) is 0 Å². The minimum atomic E-state index is 0.138. The average Bonchev–Trinajstić information content (AvgIpc) is 2.30. The Balaban J connectivity index is 2.39. The highest BCUT2D eigenvalue weighted by molar-refractivity contribution is 9.10. The Bertz CT molecular complexity index is 431. The minimum Gasteiger partial charge on any atom is -0.384 e. The molecule has 0 spiro atoms. The van der Waals surface area contributed by atoms with Gasteiger partial charge in [0.2, 0.25) is 0 Å². The van der Waals surface area contributed by atoms with Gasteiger partial charge >= 0.3 is 0 Å². The Kier molecular flexibility index (Phi) is 3.72. The number of rotatable bonds is 2. The second kappa shape index (κ2) is 5.08. The van der Waals surface area contributed by atoms with Crippen LogP contribution in [-0.4, -0.2) is 18.4 Å². The van der Waals surface area contributed by atoms with Crippen LogP contribution in [0.3, 0.4) is 0 Å². The van der Waals surface area contributed by atoms with Crippen LogP contribution in [0.15, 0.2) is 22.7 Å². The van der Waals surface area contributed by atoms with E-state index in [2.05, 4.69) is 33.8 Å². The van der Waals surface area contributed by atoms with E-state index in [1.807, 2.05) is 12.1 Å². The van der Waals surface area contributed by atoms with E-state index in [0.717, 1.165) is 22.3 Å². The van der Waals surface area contributed by atoms with E-state index in [1.54, 1.807) is 0 Å². The molecule has 0 radical (unpaired) electrons. The molecule has 1 aromatic rings. The first-order valence-electron chi connectivity index (χ1n) is 6.00.